The third-order valence-corrected chi connectivity index (χ3v) is 3.84. The molecule has 0 radical (unpaired) electrons. The molecule has 5 heteroatoms. The maximum Gasteiger partial charge on any atom is 0.252 e. The van der Waals surface area contributed by atoms with E-state index in [4.69, 9.17) is 0 Å². The van der Waals surface area contributed by atoms with Crippen LogP contribution in [0.3, 0.4) is 0 Å². The molecular formula is C18H22FN3O. The first-order valence-electron chi connectivity index (χ1n) is 7.75. The second kappa shape index (κ2) is 7.72. The highest BCUT2D eigenvalue weighted by molar-refractivity contribution is 5.94. The van der Waals surface area contributed by atoms with Gasteiger partial charge in [-0.15, -0.1) is 0 Å². The van der Waals surface area contributed by atoms with Crippen molar-refractivity contribution in [1.29, 1.82) is 0 Å². The highest BCUT2D eigenvalue weighted by Crippen LogP contribution is 2.23. The lowest BCUT2D eigenvalue weighted by Crippen LogP contribution is -2.25. The zero-order chi connectivity index (χ0) is 16.8. The van der Waals surface area contributed by atoms with Crippen LogP contribution >= 0.6 is 0 Å². The van der Waals surface area contributed by atoms with Crippen molar-refractivity contribution in [3.8, 4) is 0 Å². The van der Waals surface area contributed by atoms with Crippen molar-refractivity contribution in [3.05, 3.63) is 59.5 Å². The summed E-state index contributed by atoms with van der Waals surface area (Å²) in [6.07, 6.45) is 2.48. The van der Waals surface area contributed by atoms with E-state index in [2.05, 4.69) is 10.3 Å². The van der Waals surface area contributed by atoms with E-state index in [1.807, 2.05) is 31.9 Å². The number of benzene rings is 1. The zero-order valence-electron chi connectivity index (χ0n) is 13.7. The average Bonchev–Trinajstić information content (AvgIpc) is 2.59. The molecule has 2 rings (SSSR count). The molecular weight excluding hydrogens is 293 g/mol. The molecule has 0 fully saturated rings. The summed E-state index contributed by atoms with van der Waals surface area (Å²) in [7, 11) is 1.92. The first-order chi connectivity index (χ1) is 11.0. The van der Waals surface area contributed by atoms with Crippen LogP contribution in [-0.2, 0) is 0 Å². The van der Waals surface area contributed by atoms with E-state index in [1.54, 1.807) is 24.4 Å². The van der Waals surface area contributed by atoms with Crippen LogP contribution in [0.25, 0.3) is 0 Å². The van der Waals surface area contributed by atoms with Crippen LogP contribution in [-0.4, -0.2) is 24.5 Å². The topological polar surface area (TPSA) is 45.2 Å². The number of pyridine rings is 1. The van der Waals surface area contributed by atoms with Gasteiger partial charge in [0.15, 0.2) is 0 Å². The Hall–Kier alpha value is -2.43. The van der Waals surface area contributed by atoms with E-state index in [0.717, 1.165) is 17.8 Å². The molecule has 0 bridgehead atoms. The number of nitrogens with one attached hydrogen (secondary N) is 1. The van der Waals surface area contributed by atoms with Crippen molar-refractivity contribution >= 4 is 11.7 Å². The lowest BCUT2D eigenvalue weighted by Gasteiger charge is -2.26. The zero-order valence-corrected chi connectivity index (χ0v) is 13.7. The minimum absolute atomic E-state index is 0.0443. The van der Waals surface area contributed by atoms with Crippen molar-refractivity contribution in [2.75, 3.05) is 18.5 Å². The predicted octanol–water partition coefficient (Wildman–Crippen LogP) is 3.56. The van der Waals surface area contributed by atoms with Gasteiger partial charge in [-0.2, -0.15) is 0 Å². The van der Waals surface area contributed by atoms with Crippen LogP contribution in [0.15, 0.2) is 42.6 Å². The lowest BCUT2D eigenvalue weighted by molar-refractivity contribution is 0.0953. The molecule has 122 valence electrons. The molecule has 1 atom stereocenters. The summed E-state index contributed by atoms with van der Waals surface area (Å²) in [5.74, 6) is 0.401. The number of carbonyl (C=O) groups excluding carboxylic acids is 1. The van der Waals surface area contributed by atoms with Gasteiger partial charge < -0.3 is 10.2 Å². The largest absolute Gasteiger partial charge is 0.353 e. The van der Waals surface area contributed by atoms with Gasteiger partial charge in [-0.1, -0.05) is 19.1 Å². The first-order valence-corrected chi connectivity index (χ1v) is 7.75. The van der Waals surface area contributed by atoms with E-state index < -0.39 is 0 Å². The Kier molecular flexibility index (Phi) is 5.68. The van der Waals surface area contributed by atoms with Gasteiger partial charge in [0.2, 0.25) is 0 Å². The SMILES string of the molecule is CCCNC(=O)c1ccc(N(C)C(C)c2ccc(F)cc2)nc1. The fraction of sp³-hybridized carbons (Fsp3) is 0.333. The maximum atomic E-state index is 13.0. The number of hydrogen-bond acceptors (Lipinski definition) is 3. The monoisotopic (exact) mass is 315 g/mol. The number of aromatic nitrogens is 1. The van der Waals surface area contributed by atoms with E-state index in [0.29, 0.717) is 12.1 Å². The molecule has 1 heterocycles. The van der Waals surface area contributed by atoms with E-state index in [1.165, 1.54) is 12.1 Å². The Morgan fingerprint density at radius 2 is 1.96 bits per heavy atom. The molecule has 1 amide bonds. The van der Waals surface area contributed by atoms with Gasteiger partial charge >= 0.3 is 0 Å². The van der Waals surface area contributed by atoms with Crippen molar-refractivity contribution in [1.82, 2.24) is 10.3 Å². The number of carbonyl (C=O) groups is 1. The summed E-state index contributed by atoms with van der Waals surface area (Å²) in [5, 5.41) is 2.82. The quantitative estimate of drug-likeness (QED) is 0.886. The van der Waals surface area contributed by atoms with Gasteiger partial charge in [0.05, 0.1) is 11.6 Å². The lowest BCUT2D eigenvalue weighted by atomic mass is 10.1. The van der Waals surface area contributed by atoms with Gasteiger partial charge in [0, 0.05) is 19.8 Å². The van der Waals surface area contributed by atoms with Gasteiger partial charge in [0.25, 0.3) is 5.91 Å². The first kappa shape index (κ1) is 16.9. The molecule has 2 aromatic rings. The number of amides is 1. The standard InChI is InChI=1S/C18H22FN3O/c1-4-11-20-18(23)15-7-10-17(21-12-15)22(3)13(2)14-5-8-16(19)9-6-14/h5-10,12-13H,4,11H2,1-3H3,(H,20,23). The third kappa shape index (κ3) is 4.28. The van der Waals surface area contributed by atoms with Crippen molar-refractivity contribution in [2.45, 2.75) is 26.3 Å². The number of hydrogen-bond donors (Lipinski definition) is 1. The summed E-state index contributed by atoms with van der Waals surface area (Å²) in [6, 6.07) is 10.1. The van der Waals surface area contributed by atoms with Crippen LogP contribution in [0.4, 0.5) is 10.2 Å². The highest BCUT2D eigenvalue weighted by Gasteiger charge is 2.14. The Bertz CT molecular complexity index is 640. The fourth-order valence-electron chi connectivity index (χ4n) is 2.23. The molecule has 1 unspecified atom stereocenters. The van der Waals surface area contributed by atoms with Crippen LogP contribution in [0, 0.1) is 5.82 Å². The molecule has 23 heavy (non-hydrogen) atoms. The van der Waals surface area contributed by atoms with Gasteiger partial charge in [0.1, 0.15) is 11.6 Å². The minimum Gasteiger partial charge on any atom is -0.353 e. The summed E-state index contributed by atoms with van der Waals surface area (Å²) in [6.45, 7) is 4.69. The van der Waals surface area contributed by atoms with Crippen molar-refractivity contribution in [2.24, 2.45) is 0 Å². The van der Waals surface area contributed by atoms with Crippen molar-refractivity contribution in [3.63, 3.8) is 0 Å². The third-order valence-electron chi connectivity index (χ3n) is 3.84. The molecule has 0 aliphatic carbocycles. The molecule has 1 aromatic heterocycles. The minimum atomic E-state index is -0.246. The summed E-state index contributed by atoms with van der Waals surface area (Å²) < 4.78 is 13.0. The molecule has 0 aliphatic rings. The van der Waals surface area contributed by atoms with Crippen LogP contribution in [0.2, 0.25) is 0 Å². The number of halogens is 1. The van der Waals surface area contributed by atoms with Crippen molar-refractivity contribution < 1.29 is 9.18 Å². The molecule has 1 N–H and O–H groups in total. The molecule has 0 saturated carbocycles. The smallest absolute Gasteiger partial charge is 0.252 e. The number of rotatable bonds is 6. The Morgan fingerprint density at radius 1 is 1.26 bits per heavy atom. The molecule has 0 aliphatic heterocycles. The van der Waals surface area contributed by atoms with Gasteiger partial charge in [-0.3, -0.25) is 4.79 Å². The summed E-state index contributed by atoms with van der Waals surface area (Å²) in [5.41, 5.74) is 1.55. The van der Waals surface area contributed by atoms with E-state index in [9.17, 15) is 9.18 Å². The Morgan fingerprint density at radius 3 is 2.52 bits per heavy atom. The molecule has 0 saturated heterocycles. The molecule has 1 aromatic carbocycles. The summed E-state index contributed by atoms with van der Waals surface area (Å²) >= 11 is 0. The fourth-order valence-corrected chi connectivity index (χ4v) is 2.23. The predicted molar refractivity (Wildman–Crippen MR) is 90.1 cm³/mol. The Balaban J connectivity index is 2.08. The van der Waals surface area contributed by atoms with Gasteiger partial charge in [-0.05, 0) is 43.2 Å². The van der Waals surface area contributed by atoms with E-state index in [-0.39, 0.29) is 17.8 Å². The Labute approximate surface area is 136 Å². The van der Waals surface area contributed by atoms with Crippen LogP contribution in [0.1, 0.15) is 42.2 Å². The second-order valence-corrected chi connectivity index (χ2v) is 5.50. The van der Waals surface area contributed by atoms with E-state index >= 15 is 0 Å². The van der Waals surface area contributed by atoms with Crippen LogP contribution < -0.4 is 10.2 Å². The number of anilines is 1. The average molecular weight is 315 g/mol. The highest BCUT2D eigenvalue weighted by atomic mass is 19.1. The number of nitrogens with zero attached hydrogens (tertiary/aromatic N) is 2. The second-order valence-electron chi connectivity index (χ2n) is 5.50. The molecule has 0 spiro atoms. The summed E-state index contributed by atoms with van der Waals surface area (Å²) in [4.78, 5) is 18.2. The maximum absolute atomic E-state index is 13.0. The molecule has 4 nitrogen and oxygen atoms in total. The normalized spacial score (nSPS) is 11.8. The van der Waals surface area contributed by atoms with Crippen LogP contribution in [0.5, 0.6) is 0 Å². The van der Waals surface area contributed by atoms with Gasteiger partial charge in [-0.25, -0.2) is 9.37 Å².